The van der Waals surface area contributed by atoms with Crippen LogP contribution in [0.3, 0.4) is 0 Å². The van der Waals surface area contributed by atoms with Crippen molar-refractivity contribution >= 4 is 11.6 Å². The largest absolute Gasteiger partial charge is 0.398 e. The van der Waals surface area contributed by atoms with Gasteiger partial charge in [0.15, 0.2) is 0 Å². The van der Waals surface area contributed by atoms with Gasteiger partial charge in [-0.25, -0.2) is 4.39 Å². The van der Waals surface area contributed by atoms with Crippen LogP contribution in [0.5, 0.6) is 0 Å². The second-order valence-electron chi connectivity index (χ2n) is 4.97. The van der Waals surface area contributed by atoms with Gasteiger partial charge >= 0.3 is 0 Å². The van der Waals surface area contributed by atoms with Crippen LogP contribution in [0, 0.1) is 5.82 Å². The summed E-state index contributed by atoms with van der Waals surface area (Å²) in [5.74, 6) is -0.550. The predicted octanol–water partition coefficient (Wildman–Crippen LogP) is 2.61. The van der Waals surface area contributed by atoms with Crippen molar-refractivity contribution in [2.45, 2.75) is 13.0 Å². The monoisotopic (exact) mass is 270 g/mol. The molecule has 3 nitrogen and oxygen atoms in total. The summed E-state index contributed by atoms with van der Waals surface area (Å²) < 4.78 is 13.2. The highest BCUT2D eigenvalue weighted by molar-refractivity contribution is 5.94. The molecule has 0 bridgehead atoms. The number of nitrogens with two attached hydrogens (primary N) is 1. The average molecular weight is 270 g/mol. The minimum Gasteiger partial charge on any atom is -0.398 e. The Hall–Kier alpha value is -2.36. The quantitative estimate of drug-likeness (QED) is 0.810. The predicted molar refractivity (Wildman–Crippen MR) is 75.7 cm³/mol. The lowest BCUT2D eigenvalue weighted by Gasteiger charge is -2.29. The number of hydrogen-bond acceptors (Lipinski definition) is 2. The van der Waals surface area contributed by atoms with E-state index in [0.29, 0.717) is 24.3 Å². The van der Waals surface area contributed by atoms with E-state index in [0.717, 1.165) is 12.0 Å². The number of carbonyl (C=O) groups is 1. The molecule has 2 aromatic carbocycles. The van der Waals surface area contributed by atoms with Crippen LogP contribution in [-0.2, 0) is 13.0 Å². The van der Waals surface area contributed by atoms with Gasteiger partial charge in [-0.3, -0.25) is 4.79 Å². The molecule has 3 rings (SSSR count). The molecule has 102 valence electrons. The van der Waals surface area contributed by atoms with Crippen LogP contribution in [0.15, 0.2) is 42.5 Å². The van der Waals surface area contributed by atoms with E-state index >= 15 is 0 Å². The van der Waals surface area contributed by atoms with Crippen LogP contribution in [0.4, 0.5) is 10.1 Å². The highest BCUT2D eigenvalue weighted by Gasteiger charge is 2.23. The molecule has 0 aromatic heterocycles. The Bertz CT molecular complexity index is 669. The normalized spacial score (nSPS) is 13.9. The average Bonchev–Trinajstić information content (AvgIpc) is 2.47. The second-order valence-corrected chi connectivity index (χ2v) is 4.97. The van der Waals surface area contributed by atoms with Gasteiger partial charge in [-0.2, -0.15) is 0 Å². The van der Waals surface area contributed by atoms with E-state index in [1.807, 2.05) is 18.2 Å². The summed E-state index contributed by atoms with van der Waals surface area (Å²) in [6.45, 7) is 1.11. The third-order valence-corrected chi connectivity index (χ3v) is 3.67. The number of benzene rings is 2. The summed E-state index contributed by atoms with van der Waals surface area (Å²) in [7, 11) is 0. The van der Waals surface area contributed by atoms with E-state index in [4.69, 9.17) is 5.73 Å². The summed E-state index contributed by atoms with van der Waals surface area (Å²) in [4.78, 5) is 14.1. The van der Waals surface area contributed by atoms with Gasteiger partial charge in [-0.05, 0) is 41.8 Å². The van der Waals surface area contributed by atoms with Gasteiger partial charge in [0, 0.05) is 24.3 Å². The van der Waals surface area contributed by atoms with Gasteiger partial charge in [0.2, 0.25) is 0 Å². The van der Waals surface area contributed by atoms with Crippen LogP contribution in [0.25, 0.3) is 0 Å². The molecule has 0 atom stereocenters. The topological polar surface area (TPSA) is 46.3 Å². The Morgan fingerprint density at radius 3 is 2.80 bits per heavy atom. The molecule has 0 unspecified atom stereocenters. The molecule has 0 fully saturated rings. The van der Waals surface area contributed by atoms with Gasteiger partial charge < -0.3 is 10.6 Å². The molecule has 0 saturated heterocycles. The molecule has 0 aliphatic carbocycles. The molecule has 2 aromatic rings. The number of carbonyl (C=O) groups excluding carboxylic acids is 1. The highest BCUT2D eigenvalue weighted by Crippen LogP contribution is 2.25. The summed E-state index contributed by atoms with van der Waals surface area (Å²) in [6, 6.07) is 11.6. The van der Waals surface area contributed by atoms with E-state index in [1.54, 1.807) is 17.0 Å². The van der Waals surface area contributed by atoms with Crippen molar-refractivity contribution < 1.29 is 9.18 Å². The Labute approximate surface area is 116 Å². The van der Waals surface area contributed by atoms with Crippen LogP contribution >= 0.6 is 0 Å². The Balaban J connectivity index is 1.87. The van der Waals surface area contributed by atoms with Gasteiger partial charge in [0.1, 0.15) is 5.82 Å². The van der Waals surface area contributed by atoms with Crippen molar-refractivity contribution in [3.05, 3.63) is 65.0 Å². The summed E-state index contributed by atoms with van der Waals surface area (Å²) in [6.07, 6.45) is 0.779. The lowest BCUT2D eigenvalue weighted by atomic mass is 9.97. The molecule has 0 radical (unpaired) electrons. The number of nitrogens with zero attached hydrogens (tertiary/aromatic N) is 1. The number of halogens is 1. The number of fused-ring (bicyclic) bond motifs is 1. The van der Waals surface area contributed by atoms with Crippen molar-refractivity contribution in [3.63, 3.8) is 0 Å². The fourth-order valence-corrected chi connectivity index (χ4v) is 2.58. The zero-order valence-corrected chi connectivity index (χ0v) is 11.0. The van der Waals surface area contributed by atoms with E-state index in [2.05, 4.69) is 0 Å². The molecule has 1 aliphatic rings. The van der Waals surface area contributed by atoms with Crippen molar-refractivity contribution in [1.29, 1.82) is 0 Å². The number of hydrogen-bond donors (Lipinski definition) is 1. The number of rotatable bonds is 1. The third kappa shape index (κ3) is 2.25. The minimum absolute atomic E-state index is 0.154. The first-order valence-corrected chi connectivity index (χ1v) is 6.56. The van der Waals surface area contributed by atoms with Gasteiger partial charge in [-0.1, -0.05) is 18.2 Å². The van der Waals surface area contributed by atoms with E-state index in [-0.39, 0.29) is 5.91 Å². The van der Waals surface area contributed by atoms with E-state index in [9.17, 15) is 9.18 Å². The van der Waals surface area contributed by atoms with Crippen LogP contribution in [0.1, 0.15) is 21.5 Å². The van der Waals surface area contributed by atoms with Crippen molar-refractivity contribution in [2.24, 2.45) is 0 Å². The standard InChI is InChI=1S/C16H15FN2O/c17-13-5-1-4-12(9-13)16(20)19-8-7-11-3-2-6-15(18)14(11)10-19/h1-6,9H,7-8,10,18H2. The maximum Gasteiger partial charge on any atom is 0.254 e. The smallest absolute Gasteiger partial charge is 0.254 e. The molecule has 0 spiro atoms. The van der Waals surface area contributed by atoms with E-state index < -0.39 is 5.82 Å². The number of anilines is 1. The summed E-state index contributed by atoms with van der Waals surface area (Å²) in [5.41, 5.74) is 9.25. The Morgan fingerprint density at radius 1 is 1.20 bits per heavy atom. The maximum atomic E-state index is 13.2. The Kier molecular flexibility index (Phi) is 3.14. The third-order valence-electron chi connectivity index (χ3n) is 3.67. The molecule has 1 amide bonds. The molecule has 20 heavy (non-hydrogen) atoms. The van der Waals surface area contributed by atoms with Crippen molar-refractivity contribution in [3.8, 4) is 0 Å². The van der Waals surface area contributed by atoms with Crippen LogP contribution < -0.4 is 5.73 Å². The van der Waals surface area contributed by atoms with Crippen molar-refractivity contribution in [2.75, 3.05) is 12.3 Å². The van der Waals surface area contributed by atoms with Gasteiger partial charge in [-0.15, -0.1) is 0 Å². The van der Waals surface area contributed by atoms with Crippen LogP contribution in [-0.4, -0.2) is 17.4 Å². The molecular weight excluding hydrogens is 255 g/mol. The lowest BCUT2D eigenvalue weighted by molar-refractivity contribution is 0.0734. The second kappa shape index (κ2) is 4.96. The fourth-order valence-electron chi connectivity index (χ4n) is 2.58. The van der Waals surface area contributed by atoms with Gasteiger partial charge in [0.25, 0.3) is 5.91 Å². The molecule has 2 N–H and O–H groups in total. The molecule has 1 heterocycles. The molecule has 0 saturated carbocycles. The first-order valence-electron chi connectivity index (χ1n) is 6.56. The van der Waals surface area contributed by atoms with Crippen molar-refractivity contribution in [1.82, 2.24) is 4.90 Å². The maximum absolute atomic E-state index is 13.2. The summed E-state index contributed by atoms with van der Waals surface area (Å²) in [5, 5.41) is 0. The van der Waals surface area contributed by atoms with E-state index in [1.165, 1.54) is 17.7 Å². The zero-order chi connectivity index (χ0) is 14.1. The lowest BCUT2D eigenvalue weighted by Crippen LogP contribution is -2.36. The highest BCUT2D eigenvalue weighted by atomic mass is 19.1. The number of amides is 1. The summed E-state index contributed by atoms with van der Waals surface area (Å²) >= 11 is 0. The Morgan fingerprint density at radius 2 is 2.00 bits per heavy atom. The SMILES string of the molecule is Nc1cccc2c1CN(C(=O)c1cccc(F)c1)CC2. The number of nitrogen functional groups attached to an aromatic ring is 1. The first-order chi connectivity index (χ1) is 9.65. The molecule has 1 aliphatic heterocycles. The first kappa shape index (κ1) is 12.7. The van der Waals surface area contributed by atoms with Crippen LogP contribution in [0.2, 0.25) is 0 Å². The zero-order valence-electron chi connectivity index (χ0n) is 11.0. The fraction of sp³-hybridized carbons (Fsp3) is 0.188. The molecular formula is C16H15FN2O. The van der Waals surface area contributed by atoms with Gasteiger partial charge in [0.05, 0.1) is 0 Å². The minimum atomic E-state index is -0.396. The molecule has 4 heteroatoms.